The van der Waals surface area contributed by atoms with Crippen molar-refractivity contribution in [2.45, 2.75) is 11.8 Å². The van der Waals surface area contributed by atoms with Crippen LogP contribution in [0, 0.1) is 11.8 Å². The van der Waals surface area contributed by atoms with Crippen LogP contribution in [0.2, 0.25) is 0 Å². The Kier molecular flexibility index (Phi) is 2.97. The van der Waals surface area contributed by atoms with Gasteiger partial charge >= 0.3 is 0 Å². The Hall–Kier alpha value is -2.06. The molecule has 0 aliphatic carbocycles. The molecule has 0 bridgehead atoms. The lowest BCUT2D eigenvalue weighted by atomic mass is 10.3. The van der Waals surface area contributed by atoms with Gasteiger partial charge in [-0.1, -0.05) is 0 Å². The summed E-state index contributed by atoms with van der Waals surface area (Å²) in [6.07, 6.45) is 0. The highest BCUT2D eigenvalue weighted by Crippen LogP contribution is 2.20. The number of aryl methyl sites for hydroxylation is 1. The Labute approximate surface area is 103 Å². The maximum atomic E-state index is 10.9. The van der Waals surface area contributed by atoms with E-state index in [0.717, 1.165) is 0 Å². The predicted octanol–water partition coefficient (Wildman–Crippen LogP) is 1.83. The van der Waals surface area contributed by atoms with Gasteiger partial charge in [0, 0.05) is 6.07 Å². The van der Waals surface area contributed by atoms with Crippen molar-refractivity contribution in [3.63, 3.8) is 0 Å². The number of aromatic nitrogens is 2. The monoisotopic (exact) mass is 267 g/mol. The van der Waals surface area contributed by atoms with Gasteiger partial charge < -0.3 is 0 Å². The highest BCUT2D eigenvalue weighted by molar-refractivity contribution is 7.85. The van der Waals surface area contributed by atoms with Crippen LogP contribution in [0.15, 0.2) is 40.4 Å². The fraction of sp³-hybridized carbons (Fsp3) is 0.100. The third-order valence-corrected chi connectivity index (χ3v) is 3.15. The minimum atomic E-state index is -4.23. The second-order valence-electron chi connectivity index (χ2n) is 3.62. The van der Waals surface area contributed by atoms with E-state index in [9.17, 15) is 13.3 Å². The van der Waals surface area contributed by atoms with Crippen molar-refractivity contribution in [3.05, 3.63) is 40.9 Å². The lowest BCUT2D eigenvalue weighted by Gasteiger charge is -2.03. The third-order valence-electron chi connectivity index (χ3n) is 2.29. The van der Waals surface area contributed by atoms with E-state index in [1.54, 1.807) is 6.92 Å². The van der Waals surface area contributed by atoms with Gasteiger partial charge in [0.2, 0.25) is 0 Å². The first-order chi connectivity index (χ1) is 8.41. The Morgan fingerprint density at radius 3 is 2.39 bits per heavy atom. The standard InChI is InChI=1S/C10H9N3O4S/c1-7-6-10(12-14)13(11-7)8-2-4-9(5-3-8)18(15,16)17/h2-6H,1H3,(H,15,16,17). The number of hydrogen-bond donors (Lipinski definition) is 1. The Bertz CT molecular complexity index is 688. The highest BCUT2D eigenvalue weighted by Gasteiger charge is 2.11. The largest absolute Gasteiger partial charge is 0.294 e. The van der Waals surface area contributed by atoms with Gasteiger partial charge in [0.05, 0.1) is 16.3 Å². The summed E-state index contributed by atoms with van der Waals surface area (Å²) in [5, 5.41) is 6.88. The number of rotatable bonds is 3. The molecular formula is C10H9N3O4S. The molecule has 0 spiro atoms. The van der Waals surface area contributed by atoms with Crippen LogP contribution in [-0.2, 0) is 10.1 Å². The van der Waals surface area contributed by atoms with Gasteiger partial charge in [-0.2, -0.15) is 13.5 Å². The average molecular weight is 267 g/mol. The van der Waals surface area contributed by atoms with Crippen molar-refractivity contribution in [2.75, 3.05) is 0 Å². The average Bonchev–Trinajstić information content (AvgIpc) is 2.69. The van der Waals surface area contributed by atoms with Crippen LogP contribution in [0.4, 0.5) is 5.82 Å². The fourth-order valence-electron chi connectivity index (χ4n) is 1.50. The molecule has 1 heterocycles. The zero-order valence-electron chi connectivity index (χ0n) is 9.31. The summed E-state index contributed by atoms with van der Waals surface area (Å²) >= 11 is 0. The minimum Gasteiger partial charge on any atom is -0.282 e. The molecule has 18 heavy (non-hydrogen) atoms. The van der Waals surface area contributed by atoms with Gasteiger partial charge in [-0.25, -0.2) is 4.68 Å². The molecule has 1 aromatic heterocycles. The Morgan fingerprint density at radius 1 is 1.28 bits per heavy atom. The maximum Gasteiger partial charge on any atom is 0.294 e. The summed E-state index contributed by atoms with van der Waals surface area (Å²) in [5.41, 5.74) is 1.09. The fourth-order valence-corrected chi connectivity index (χ4v) is 1.98. The van der Waals surface area contributed by atoms with Gasteiger partial charge in [-0.15, -0.1) is 4.91 Å². The quantitative estimate of drug-likeness (QED) is 0.675. The number of benzene rings is 1. The summed E-state index contributed by atoms with van der Waals surface area (Å²) in [6, 6.07) is 6.78. The lowest BCUT2D eigenvalue weighted by Crippen LogP contribution is -2.00. The van der Waals surface area contributed by atoms with Gasteiger partial charge in [-0.05, 0) is 36.4 Å². The third kappa shape index (κ3) is 2.29. The van der Waals surface area contributed by atoms with E-state index in [-0.39, 0.29) is 10.7 Å². The molecule has 0 fully saturated rings. The van der Waals surface area contributed by atoms with Crippen LogP contribution in [-0.4, -0.2) is 22.8 Å². The van der Waals surface area contributed by atoms with Gasteiger partial charge in [-0.3, -0.25) is 4.55 Å². The number of hydrogen-bond acceptors (Lipinski definition) is 5. The van der Waals surface area contributed by atoms with E-state index in [1.807, 2.05) is 0 Å². The topological polar surface area (TPSA) is 102 Å². The van der Waals surface area contributed by atoms with E-state index in [2.05, 4.69) is 10.3 Å². The first kappa shape index (κ1) is 12.4. The zero-order chi connectivity index (χ0) is 13.3. The van der Waals surface area contributed by atoms with Crippen molar-refractivity contribution >= 4 is 15.9 Å². The smallest absolute Gasteiger partial charge is 0.282 e. The first-order valence-electron chi connectivity index (χ1n) is 4.90. The lowest BCUT2D eigenvalue weighted by molar-refractivity contribution is 0.483. The number of nitroso groups, excluding NO2 is 1. The summed E-state index contributed by atoms with van der Waals surface area (Å²) < 4.78 is 31.9. The van der Waals surface area contributed by atoms with Crippen molar-refractivity contribution in [2.24, 2.45) is 5.18 Å². The van der Waals surface area contributed by atoms with Crippen molar-refractivity contribution in [3.8, 4) is 5.69 Å². The molecule has 0 atom stereocenters. The molecule has 0 saturated carbocycles. The van der Waals surface area contributed by atoms with Gasteiger partial charge in [0.1, 0.15) is 0 Å². The molecule has 0 radical (unpaired) electrons. The summed E-state index contributed by atoms with van der Waals surface area (Å²) in [7, 11) is -4.23. The summed E-state index contributed by atoms with van der Waals surface area (Å²) in [5.74, 6) is 0.118. The highest BCUT2D eigenvalue weighted by atomic mass is 32.2. The van der Waals surface area contributed by atoms with E-state index in [0.29, 0.717) is 11.4 Å². The van der Waals surface area contributed by atoms with Crippen molar-refractivity contribution in [1.29, 1.82) is 0 Å². The molecule has 7 nitrogen and oxygen atoms in total. The molecule has 8 heteroatoms. The molecule has 2 aromatic rings. The SMILES string of the molecule is Cc1cc(N=O)n(-c2ccc(S(=O)(=O)O)cc2)n1. The number of nitrogens with zero attached hydrogens (tertiary/aromatic N) is 3. The molecule has 1 N–H and O–H groups in total. The predicted molar refractivity (Wildman–Crippen MR) is 63.6 cm³/mol. The molecule has 0 unspecified atom stereocenters. The van der Waals surface area contributed by atoms with Crippen LogP contribution in [0.25, 0.3) is 5.69 Å². The maximum absolute atomic E-state index is 10.9. The molecule has 0 saturated heterocycles. The normalized spacial score (nSPS) is 11.4. The van der Waals surface area contributed by atoms with E-state index in [4.69, 9.17) is 4.55 Å². The van der Waals surface area contributed by atoms with Crippen LogP contribution in [0.1, 0.15) is 5.69 Å². The van der Waals surface area contributed by atoms with E-state index < -0.39 is 10.1 Å². The second kappa shape index (κ2) is 4.31. The summed E-state index contributed by atoms with van der Waals surface area (Å²) in [4.78, 5) is 10.4. The van der Waals surface area contributed by atoms with E-state index in [1.165, 1.54) is 35.0 Å². The molecule has 0 aliphatic heterocycles. The van der Waals surface area contributed by atoms with Crippen LogP contribution in [0.5, 0.6) is 0 Å². The molecule has 2 rings (SSSR count). The zero-order valence-corrected chi connectivity index (χ0v) is 10.1. The molecular weight excluding hydrogens is 258 g/mol. The first-order valence-corrected chi connectivity index (χ1v) is 6.34. The molecule has 0 amide bonds. The van der Waals surface area contributed by atoms with Crippen molar-refractivity contribution in [1.82, 2.24) is 9.78 Å². The van der Waals surface area contributed by atoms with Gasteiger partial charge in [0.25, 0.3) is 10.1 Å². The molecule has 94 valence electrons. The van der Waals surface area contributed by atoms with Crippen LogP contribution in [0.3, 0.4) is 0 Å². The molecule has 1 aromatic carbocycles. The second-order valence-corrected chi connectivity index (χ2v) is 5.04. The Balaban J connectivity index is 2.49. The van der Waals surface area contributed by atoms with Gasteiger partial charge in [0.15, 0.2) is 5.82 Å². The minimum absolute atomic E-state index is 0.118. The van der Waals surface area contributed by atoms with Crippen molar-refractivity contribution < 1.29 is 13.0 Å². The van der Waals surface area contributed by atoms with Crippen LogP contribution < -0.4 is 0 Å². The Morgan fingerprint density at radius 2 is 1.89 bits per heavy atom. The van der Waals surface area contributed by atoms with Crippen LogP contribution >= 0.6 is 0 Å². The van der Waals surface area contributed by atoms with E-state index >= 15 is 0 Å². The summed E-state index contributed by atoms with van der Waals surface area (Å²) in [6.45, 7) is 1.71. The molecule has 0 aliphatic rings.